The highest BCUT2D eigenvalue weighted by Gasteiger charge is 2.28. The Morgan fingerprint density at radius 1 is 1.25 bits per heavy atom. The minimum Gasteiger partial charge on any atom is -0.473 e. The van der Waals surface area contributed by atoms with E-state index in [-0.39, 0.29) is 24.2 Å². The fraction of sp³-hybridized carbons (Fsp3) is 0.278. The van der Waals surface area contributed by atoms with Gasteiger partial charge < -0.3 is 15.5 Å². The molecule has 0 bridgehead atoms. The van der Waals surface area contributed by atoms with E-state index in [4.69, 9.17) is 31.4 Å². The van der Waals surface area contributed by atoms with Crippen molar-refractivity contribution in [3.05, 3.63) is 51.4 Å². The number of anilines is 1. The number of nitrogens with one attached hydrogen (secondary N) is 1. The van der Waals surface area contributed by atoms with Crippen LogP contribution in [0, 0.1) is 5.82 Å². The topological polar surface area (TPSA) is 107 Å². The molecule has 2 aromatic rings. The number of carbonyl (C=O) groups excluding carboxylic acids is 1. The van der Waals surface area contributed by atoms with E-state index >= 15 is 0 Å². The Bertz CT molecular complexity index is 835. The Labute approximate surface area is 169 Å². The lowest BCUT2D eigenvalue weighted by molar-refractivity contribution is -0.159. The van der Waals surface area contributed by atoms with Crippen LogP contribution in [-0.4, -0.2) is 46.0 Å². The summed E-state index contributed by atoms with van der Waals surface area (Å²) in [5.41, 5.74) is 0.129. The number of aliphatic carboxylic acids is 2. The van der Waals surface area contributed by atoms with Crippen molar-refractivity contribution in [2.45, 2.75) is 18.9 Å². The molecule has 0 saturated carbocycles. The van der Waals surface area contributed by atoms with Crippen molar-refractivity contribution in [2.75, 3.05) is 18.4 Å². The van der Waals surface area contributed by atoms with E-state index in [9.17, 15) is 9.18 Å². The van der Waals surface area contributed by atoms with Crippen LogP contribution in [0.1, 0.15) is 23.8 Å². The molecule has 1 aliphatic heterocycles. The van der Waals surface area contributed by atoms with Crippen LogP contribution < -0.4 is 5.32 Å². The fourth-order valence-corrected chi connectivity index (χ4v) is 3.85. The van der Waals surface area contributed by atoms with E-state index in [0.29, 0.717) is 5.02 Å². The third-order valence-electron chi connectivity index (χ3n) is 3.97. The summed E-state index contributed by atoms with van der Waals surface area (Å²) in [6.07, 6.45) is 2.13. The maximum absolute atomic E-state index is 13.7. The summed E-state index contributed by atoms with van der Waals surface area (Å²) < 4.78 is 13.7. The van der Waals surface area contributed by atoms with Gasteiger partial charge in [-0.2, -0.15) is 0 Å². The summed E-state index contributed by atoms with van der Waals surface area (Å²) in [4.78, 5) is 33.8. The smallest absolute Gasteiger partial charge is 0.414 e. The average molecular weight is 429 g/mol. The summed E-state index contributed by atoms with van der Waals surface area (Å²) in [6, 6.07) is 8.55. The molecule has 150 valence electrons. The van der Waals surface area contributed by atoms with Crippen LogP contribution in [0.2, 0.25) is 5.02 Å². The number of benzene rings is 1. The second-order valence-corrected chi connectivity index (χ2v) is 7.34. The molecule has 10 heteroatoms. The highest BCUT2D eigenvalue weighted by Crippen LogP contribution is 2.34. The van der Waals surface area contributed by atoms with Gasteiger partial charge in [0, 0.05) is 15.9 Å². The minimum atomic E-state index is -1.82. The number of likely N-dealkylation sites (tertiary alicyclic amines) is 1. The monoisotopic (exact) mass is 428 g/mol. The van der Waals surface area contributed by atoms with Gasteiger partial charge in [-0.3, -0.25) is 9.69 Å². The summed E-state index contributed by atoms with van der Waals surface area (Å²) in [5, 5.41) is 19.8. The van der Waals surface area contributed by atoms with Gasteiger partial charge in [-0.15, -0.1) is 11.3 Å². The largest absolute Gasteiger partial charge is 0.473 e. The first-order valence-corrected chi connectivity index (χ1v) is 9.52. The van der Waals surface area contributed by atoms with Gasteiger partial charge in [0.15, 0.2) is 0 Å². The lowest BCUT2D eigenvalue weighted by atomic mass is 10.2. The third-order valence-corrected chi connectivity index (χ3v) is 5.18. The molecule has 28 heavy (non-hydrogen) atoms. The van der Waals surface area contributed by atoms with Gasteiger partial charge in [0.05, 0.1) is 12.2 Å². The molecule has 1 amide bonds. The Morgan fingerprint density at radius 3 is 2.57 bits per heavy atom. The zero-order valence-electron chi connectivity index (χ0n) is 14.6. The molecule has 1 fully saturated rings. The van der Waals surface area contributed by atoms with E-state index in [1.165, 1.54) is 23.1 Å². The molecule has 1 unspecified atom stereocenters. The van der Waals surface area contributed by atoms with Crippen molar-refractivity contribution in [2.24, 2.45) is 0 Å². The van der Waals surface area contributed by atoms with Gasteiger partial charge in [-0.1, -0.05) is 17.7 Å². The number of nitrogens with zero attached hydrogens (tertiary/aromatic N) is 1. The zero-order chi connectivity index (χ0) is 20.7. The van der Waals surface area contributed by atoms with Crippen molar-refractivity contribution >= 4 is 46.5 Å². The summed E-state index contributed by atoms with van der Waals surface area (Å²) >= 11 is 7.54. The Kier molecular flexibility index (Phi) is 7.91. The van der Waals surface area contributed by atoms with E-state index in [2.05, 4.69) is 16.3 Å². The number of hydrogen-bond acceptors (Lipinski definition) is 5. The predicted octanol–water partition coefficient (Wildman–Crippen LogP) is 3.47. The third kappa shape index (κ3) is 6.29. The normalized spacial score (nSPS) is 16.1. The van der Waals surface area contributed by atoms with Crippen LogP contribution in [0.25, 0.3) is 0 Å². The number of amides is 1. The standard InChI is InChI=1S/C16H16ClFN2OS.C2H2O4/c17-11-5-6-12(18)13(9-11)19-16(21)10-20-7-1-3-14(20)15-4-2-8-22-15;3-1(4)2(5)6/h2,4-6,8-9,14H,1,3,7,10H2,(H,19,21);(H,3,4)(H,5,6). The molecule has 0 spiro atoms. The van der Waals surface area contributed by atoms with Crippen LogP contribution in [0.15, 0.2) is 35.7 Å². The van der Waals surface area contributed by atoms with Gasteiger partial charge in [0.1, 0.15) is 5.82 Å². The van der Waals surface area contributed by atoms with Crippen LogP contribution in [0.4, 0.5) is 10.1 Å². The number of carboxylic acids is 2. The van der Waals surface area contributed by atoms with Crippen molar-refractivity contribution in [1.82, 2.24) is 4.90 Å². The fourth-order valence-electron chi connectivity index (χ4n) is 2.79. The molecular formula is C18H18ClFN2O5S. The predicted molar refractivity (Wildman–Crippen MR) is 103 cm³/mol. The first-order chi connectivity index (χ1) is 13.3. The van der Waals surface area contributed by atoms with Gasteiger partial charge in [0.25, 0.3) is 0 Å². The maximum atomic E-state index is 13.7. The van der Waals surface area contributed by atoms with E-state index in [1.807, 2.05) is 11.4 Å². The molecule has 2 heterocycles. The first-order valence-electron chi connectivity index (χ1n) is 8.26. The second-order valence-electron chi connectivity index (χ2n) is 5.93. The number of carbonyl (C=O) groups is 3. The quantitative estimate of drug-likeness (QED) is 0.644. The minimum absolute atomic E-state index is 0.129. The molecule has 1 atom stereocenters. The summed E-state index contributed by atoms with van der Waals surface area (Å²) in [7, 11) is 0. The van der Waals surface area contributed by atoms with Crippen molar-refractivity contribution in [1.29, 1.82) is 0 Å². The lowest BCUT2D eigenvalue weighted by Crippen LogP contribution is -2.32. The molecule has 0 aliphatic carbocycles. The highest BCUT2D eigenvalue weighted by molar-refractivity contribution is 7.10. The van der Waals surface area contributed by atoms with Crippen LogP contribution in [0.3, 0.4) is 0 Å². The zero-order valence-corrected chi connectivity index (χ0v) is 16.2. The Balaban J connectivity index is 0.000000409. The van der Waals surface area contributed by atoms with Gasteiger partial charge in [-0.25, -0.2) is 14.0 Å². The number of hydrogen-bond donors (Lipinski definition) is 3. The Morgan fingerprint density at radius 2 is 1.96 bits per heavy atom. The van der Waals surface area contributed by atoms with Gasteiger partial charge in [-0.05, 0) is 49.0 Å². The van der Waals surface area contributed by atoms with Crippen molar-refractivity contribution in [3.63, 3.8) is 0 Å². The molecule has 1 aromatic heterocycles. The lowest BCUT2D eigenvalue weighted by Gasteiger charge is -2.23. The molecular weight excluding hydrogens is 411 g/mol. The Hall–Kier alpha value is -2.49. The number of rotatable bonds is 4. The van der Waals surface area contributed by atoms with Crippen LogP contribution in [0.5, 0.6) is 0 Å². The molecule has 3 N–H and O–H groups in total. The van der Waals surface area contributed by atoms with Crippen LogP contribution in [-0.2, 0) is 14.4 Å². The highest BCUT2D eigenvalue weighted by atomic mass is 35.5. The molecule has 0 radical (unpaired) electrons. The molecule has 1 saturated heterocycles. The van der Waals surface area contributed by atoms with E-state index in [0.717, 1.165) is 19.4 Å². The molecule has 7 nitrogen and oxygen atoms in total. The molecule has 3 rings (SSSR count). The molecule has 1 aromatic carbocycles. The SMILES string of the molecule is O=C(CN1CCCC1c1cccs1)Nc1cc(Cl)ccc1F.O=C(O)C(=O)O. The van der Waals surface area contributed by atoms with Crippen LogP contribution >= 0.6 is 22.9 Å². The van der Waals surface area contributed by atoms with Crippen molar-refractivity contribution < 1.29 is 29.0 Å². The average Bonchev–Trinajstić information content (AvgIpc) is 3.29. The number of halogens is 2. The van der Waals surface area contributed by atoms with Gasteiger partial charge >= 0.3 is 11.9 Å². The second kappa shape index (κ2) is 10.2. The van der Waals surface area contributed by atoms with Gasteiger partial charge in [0.2, 0.25) is 5.91 Å². The van der Waals surface area contributed by atoms with E-state index in [1.54, 1.807) is 11.3 Å². The maximum Gasteiger partial charge on any atom is 0.414 e. The summed E-state index contributed by atoms with van der Waals surface area (Å²) in [5.74, 6) is -4.34. The molecule has 1 aliphatic rings. The van der Waals surface area contributed by atoms with Crippen molar-refractivity contribution in [3.8, 4) is 0 Å². The first kappa shape index (κ1) is 21.8. The van der Waals surface area contributed by atoms with E-state index < -0.39 is 17.8 Å². The summed E-state index contributed by atoms with van der Waals surface area (Å²) in [6.45, 7) is 1.14. The number of carboxylic acid groups (broad SMARTS) is 2. The number of thiophene rings is 1.